The molecule has 0 fully saturated rings. The first-order chi connectivity index (χ1) is 11.6. The summed E-state index contributed by atoms with van der Waals surface area (Å²) in [7, 11) is 0. The fourth-order valence-electron chi connectivity index (χ4n) is 3.89. The van der Waals surface area contributed by atoms with Gasteiger partial charge in [-0.3, -0.25) is 4.79 Å². The van der Waals surface area contributed by atoms with E-state index in [4.69, 9.17) is 10.7 Å². The Balaban J connectivity index is 1.91. The molecule has 1 aliphatic rings. The summed E-state index contributed by atoms with van der Waals surface area (Å²) in [5, 5.41) is 0. The van der Waals surface area contributed by atoms with Crippen LogP contribution in [0.3, 0.4) is 0 Å². The molecule has 0 unspecified atom stereocenters. The van der Waals surface area contributed by atoms with Crippen molar-refractivity contribution in [1.82, 2.24) is 9.38 Å². The molecule has 4 heteroatoms. The SMILES string of the molecule is Cc1nc2c3c(c(C(N)=O)cn2c1C)CC[C@@H](c1ccccc1)C3. The molecule has 24 heavy (non-hydrogen) atoms. The number of amides is 1. The summed E-state index contributed by atoms with van der Waals surface area (Å²) in [6, 6.07) is 10.6. The molecule has 1 amide bonds. The molecule has 0 saturated carbocycles. The van der Waals surface area contributed by atoms with Gasteiger partial charge in [0.15, 0.2) is 0 Å². The first kappa shape index (κ1) is 14.9. The predicted molar refractivity (Wildman–Crippen MR) is 94.4 cm³/mol. The van der Waals surface area contributed by atoms with Crippen LogP contribution in [0.15, 0.2) is 36.5 Å². The van der Waals surface area contributed by atoms with E-state index < -0.39 is 0 Å². The molecule has 1 aliphatic carbocycles. The topological polar surface area (TPSA) is 60.4 Å². The fraction of sp³-hybridized carbons (Fsp3) is 0.300. The van der Waals surface area contributed by atoms with Crippen LogP contribution in [0.2, 0.25) is 0 Å². The van der Waals surface area contributed by atoms with Gasteiger partial charge >= 0.3 is 0 Å². The van der Waals surface area contributed by atoms with E-state index in [0.717, 1.165) is 41.9 Å². The molecule has 0 aliphatic heterocycles. The number of imidazole rings is 1. The van der Waals surface area contributed by atoms with Gasteiger partial charge in [-0.2, -0.15) is 0 Å². The molecular formula is C20H21N3O. The standard InChI is InChI=1S/C20H21N3O/c1-12-13(2)23-11-18(19(21)24)16-9-8-15(10-17(16)20(23)22-12)14-6-4-3-5-7-14/h3-7,11,15H,8-10H2,1-2H3,(H2,21,24)/t15-/m1/s1. The number of carbonyl (C=O) groups excluding carboxylic acids is 1. The minimum absolute atomic E-state index is 0.350. The van der Waals surface area contributed by atoms with Crippen LogP contribution in [0, 0.1) is 13.8 Å². The van der Waals surface area contributed by atoms with Crippen molar-refractivity contribution in [3.8, 4) is 0 Å². The number of aryl methyl sites for hydroxylation is 2. The molecule has 0 spiro atoms. The van der Waals surface area contributed by atoms with Gasteiger partial charge in [0, 0.05) is 11.9 Å². The molecule has 2 N–H and O–H groups in total. The molecule has 4 nitrogen and oxygen atoms in total. The number of hydrogen-bond acceptors (Lipinski definition) is 2. The van der Waals surface area contributed by atoms with E-state index in [1.165, 1.54) is 11.1 Å². The van der Waals surface area contributed by atoms with E-state index >= 15 is 0 Å². The zero-order valence-corrected chi connectivity index (χ0v) is 14.0. The highest BCUT2D eigenvalue weighted by Gasteiger charge is 2.27. The van der Waals surface area contributed by atoms with Crippen LogP contribution in [0.5, 0.6) is 0 Å². The Bertz CT molecular complexity index is 941. The normalized spacial score (nSPS) is 17.0. The van der Waals surface area contributed by atoms with Gasteiger partial charge < -0.3 is 10.1 Å². The van der Waals surface area contributed by atoms with E-state index in [0.29, 0.717) is 11.5 Å². The van der Waals surface area contributed by atoms with Crippen molar-refractivity contribution in [2.75, 3.05) is 0 Å². The summed E-state index contributed by atoms with van der Waals surface area (Å²) in [6.07, 6.45) is 4.68. The monoisotopic (exact) mass is 319 g/mol. The van der Waals surface area contributed by atoms with Crippen molar-refractivity contribution in [3.63, 3.8) is 0 Å². The first-order valence-electron chi connectivity index (χ1n) is 8.41. The van der Waals surface area contributed by atoms with Gasteiger partial charge in [0.25, 0.3) is 0 Å². The maximum atomic E-state index is 12.0. The van der Waals surface area contributed by atoms with Gasteiger partial charge in [0.2, 0.25) is 5.91 Å². The van der Waals surface area contributed by atoms with E-state index in [9.17, 15) is 4.79 Å². The molecule has 2 heterocycles. The van der Waals surface area contributed by atoms with E-state index in [2.05, 4.69) is 24.3 Å². The minimum atomic E-state index is -0.350. The Morgan fingerprint density at radius 1 is 1.21 bits per heavy atom. The second-order valence-corrected chi connectivity index (χ2v) is 6.69. The number of aromatic nitrogens is 2. The molecule has 2 aromatic heterocycles. The molecular weight excluding hydrogens is 298 g/mol. The molecule has 1 atom stereocenters. The van der Waals surface area contributed by atoms with Crippen molar-refractivity contribution >= 4 is 11.6 Å². The first-order valence-corrected chi connectivity index (χ1v) is 8.41. The summed E-state index contributed by atoms with van der Waals surface area (Å²) >= 11 is 0. The lowest BCUT2D eigenvalue weighted by Crippen LogP contribution is -2.22. The third-order valence-corrected chi connectivity index (χ3v) is 5.33. The van der Waals surface area contributed by atoms with Crippen molar-refractivity contribution in [1.29, 1.82) is 0 Å². The number of fused-ring (bicyclic) bond motifs is 3. The summed E-state index contributed by atoms with van der Waals surface area (Å²) in [4.78, 5) is 16.7. The Hall–Kier alpha value is -2.62. The number of primary amides is 1. The lowest BCUT2D eigenvalue weighted by Gasteiger charge is -2.27. The summed E-state index contributed by atoms with van der Waals surface area (Å²) in [5.41, 5.74) is 13.0. The number of benzene rings is 1. The van der Waals surface area contributed by atoms with E-state index in [-0.39, 0.29) is 5.91 Å². The minimum Gasteiger partial charge on any atom is -0.366 e. The summed E-state index contributed by atoms with van der Waals surface area (Å²) in [6.45, 7) is 4.04. The zero-order valence-electron chi connectivity index (χ0n) is 14.0. The average molecular weight is 319 g/mol. The zero-order chi connectivity index (χ0) is 16.8. The smallest absolute Gasteiger partial charge is 0.250 e. The van der Waals surface area contributed by atoms with E-state index in [1.54, 1.807) is 0 Å². The third kappa shape index (κ3) is 2.21. The molecule has 4 rings (SSSR count). The number of nitrogens with zero attached hydrogens (tertiary/aromatic N) is 2. The average Bonchev–Trinajstić information content (AvgIpc) is 2.89. The van der Waals surface area contributed by atoms with Crippen LogP contribution in [-0.4, -0.2) is 15.3 Å². The van der Waals surface area contributed by atoms with Gasteiger partial charge in [-0.1, -0.05) is 30.3 Å². The molecule has 0 saturated heterocycles. The maximum absolute atomic E-state index is 12.0. The highest BCUT2D eigenvalue weighted by atomic mass is 16.1. The summed E-state index contributed by atoms with van der Waals surface area (Å²) < 4.78 is 2.03. The maximum Gasteiger partial charge on any atom is 0.250 e. The number of pyridine rings is 1. The van der Waals surface area contributed by atoms with Crippen molar-refractivity contribution in [3.05, 3.63) is 70.2 Å². The van der Waals surface area contributed by atoms with Gasteiger partial charge in [-0.15, -0.1) is 0 Å². The summed E-state index contributed by atoms with van der Waals surface area (Å²) in [5.74, 6) is 0.111. The van der Waals surface area contributed by atoms with E-state index in [1.807, 2.05) is 30.5 Å². The molecule has 0 radical (unpaired) electrons. The number of rotatable bonds is 2. The molecule has 0 bridgehead atoms. The van der Waals surface area contributed by atoms with Gasteiger partial charge in [0.05, 0.1) is 11.3 Å². The predicted octanol–water partition coefficient (Wildman–Crippen LogP) is 3.32. The van der Waals surface area contributed by atoms with Crippen LogP contribution in [0.25, 0.3) is 5.65 Å². The molecule has 1 aromatic carbocycles. The third-order valence-electron chi connectivity index (χ3n) is 5.33. The lowest BCUT2D eigenvalue weighted by atomic mass is 9.79. The Morgan fingerprint density at radius 2 is 1.96 bits per heavy atom. The van der Waals surface area contributed by atoms with Gasteiger partial charge in [-0.25, -0.2) is 4.98 Å². The second kappa shape index (κ2) is 5.48. The number of nitrogens with two attached hydrogens (primary N) is 1. The van der Waals surface area contributed by atoms with Crippen LogP contribution in [-0.2, 0) is 12.8 Å². The van der Waals surface area contributed by atoms with Gasteiger partial charge in [-0.05, 0) is 55.7 Å². The number of hydrogen-bond donors (Lipinski definition) is 1. The van der Waals surface area contributed by atoms with Crippen LogP contribution in [0.1, 0.15) is 50.8 Å². The Kier molecular flexibility index (Phi) is 3.41. The second-order valence-electron chi connectivity index (χ2n) is 6.69. The highest BCUT2D eigenvalue weighted by molar-refractivity contribution is 5.95. The van der Waals surface area contributed by atoms with Crippen molar-refractivity contribution < 1.29 is 4.79 Å². The largest absolute Gasteiger partial charge is 0.366 e. The van der Waals surface area contributed by atoms with Gasteiger partial charge in [0.1, 0.15) is 5.65 Å². The van der Waals surface area contributed by atoms with Crippen molar-refractivity contribution in [2.24, 2.45) is 5.73 Å². The van der Waals surface area contributed by atoms with Crippen LogP contribution in [0.4, 0.5) is 0 Å². The van der Waals surface area contributed by atoms with Crippen LogP contribution < -0.4 is 5.73 Å². The quantitative estimate of drug-likeness (QED) is 0.787. The molecule has 3 aromatic rings. The Morgan fingerprint density at radius 3 is 2.67 bits per heavy atom. The van der Waals surface area contributed by atoms with Crippen LogP contribution >= 0.6 is 0 Å². The fourth-order valence-corrected chi connectivity index (χ4v) is 3.89. The molecule has 122 valence electrons. The number of carbonyl (C=O) groups is 1. The van der Waals surface area contributed by atoms with Crippen molar-refractivity contribution in [2.45, 2.75) is 39.0 Å². The lowest BCUT2D eigenvalue weighted by molar-refractivity contribution is 0.0998. The Labute approximate surface area is 141 Å². The highest BCUT2D eigenvalue weighted by Crippen LogP contribution is 2.36.